The minimum Gasteiger partial charge on any atom is -0.478 e. The number of anilines is 1. The zero-order chi connectivity index (χ0) is 22.0. The van der Waals surface area contributed by atoms with Gasteiger partial charge in [-0.1, -0.05) is 37.6 Å². The Balaban J connectivity index is 2.20. The Morgan fingerprint density at radius 3 is 2.47 bits per heavy atom. The van der Waals surface area contributed by atoms with Gasteiger partial charge in [-0.3, -0.25) is 0 Å². The molecule has 0 spiro atoms. The summed E-state index contributed by atoms with van der Waals surface area (Å²) in [7, 11) is 1.79. The maximum absolute atomic E-state index is 15.0. The number of hydrogen-bond acceptors (Lipinski definition) is 2. The molecule has 1 aromatic heterocycles. The predicted octanol–water partition coefficient (Wildman–Crippen LogP) is 6.62. The molecule has 4 nitrogen and oxygen atoms in total. The van der Waals surface area contributed by atoms with Gasteiger partial charge < -0.3 is 15.0 Å². The Labute approximate surface area is 181 Å². The number of nitrogens with zero attached hydrogens (tertiary/aromatic N) is 1. The van der Waals surface area contributed by atoms with Crippen molar-refractivity contribution in [3.8, 4) is 22.4 Å². The number of hydrogen-bond donors (Lipinski definition) is 2. The first-order valence-electron chi connectivity index (χ1n) is 9.93. The molecule has 0 unspecified atom stereocenters. The van der Waals surface area contributed by atoms with Crippen molar-refractivity contribution in [2.75, 3.05) is 11.9 Å². The number of nitrogens with one attached hydrogen (secondary N) is 1. The van der Waals surface area contributed by atoms with E-state index in [1.807, 2.05) is 12.1 Å². The van der Waals surface area contributed by atoms with Crippen LogP contribution in [-0.2, 0) is 7.05 Å². The first-order valence-corrected chi connectivity index (χ1v) is 10.3. The lowest BCUT2D eigenvalue weighted by molar-refractivity contribution is 0.0697. The molecule has 0 aliphatic heterocycles. The van der Waals surface area contributed by atoms with Crippen LogP contribution in [0.4, 0.5) is 10.1 Å². The summed E-state index contributed by atoms with van der Waals surface area (Å²) in [6.07, 6.45) is 0.980. The van der Waals surface area contributed by atoms with Crippen LogP contribution in [0.2, 0.25) is 5.02 Å². The summed E-state index contributed by atoms with van der Waals surface area (Å²) < 4.78 is 16.8. The van der Waals surface area contributed by atoms with Gasteiger partial charge in [0.1, 0.15) is 5.82 Å². The molecule has 2 N–H and O–H groups in total. The summed E-state index contributed by atoms with van der Waals surface area (Å²) in [6, 6.07) is 11.9. The van der Waals surface area contributed by atoms with Crippen LogP contribution < -0.4 is 5.32 Å². The maximum atomic E-state index is 15.0. The molecule has 0 fully saturated rings. The molecular formula is C24H26ClFN2O2. The lowest BCUT2D eigenvalue weighted by Gasteiger charge is -2.13. The number of aromatic carboxylic acids is 1. The first-order chi connectivity index (χ1) is 14.2. The fourth-order valence-corrected chi connectivity index (χ4v) is 3.73. The van der Waals surface area contributed by atoms with Crippen molar-refractivity contribution >= 4 is 23.3 Å². The fraction of sp³-hybridized carbons (Fsp3) is 0.292. The van der Waals surface area contributed by atoms with E-state index in [0.29, 0.717) is 27.9 Å². The van der Waals surface area contributed by atoms with E-state index < -0.39 is 11.8 Å². The molecule has 0 radical (unpaired) electrons. The van der Waals surface area contributed by atoms with E-state index >= 15 is 0 Å². The number of halogens is 2. The molecule has 0 bridgehead atoms. The van der Waals surface area contributed by atoms with E-state index in [0.717, 1.165) is 24.2 Å². The molecule has 0 amide bonds. The van der Waals surface area contributed by atoms with Gasteiger partial charge in [-0.2, -0.15) is 0 Å². The average molecular weight is 429 g/mol. The van der Waals surface area contributed by atoms with Gasteiger partial charge in [0, 0.05) is 41.1 Å². The van der Waals surface area contributed by atoms with Crippen molar-refractivity contribution in [1.29, 1.82) is 0 Å². The maximum Gasteiger partial charge on any atom is 0.338 e. The Morgan fingerprint density at radius 1 is 1.20 bits per heavy atom. The van der Waals surface area contributed by atoms with E-state index in [9.17, 15) is 14.3 Å². The molecule has 0 atom stereocenters. The monoisotopic (exact) mass is 428 g/mol. The SMILES string of the molecule is Cc1c(C(=O)O)c(-c2cc(NCCC(C)C)ccc2F)c(-c2ccc(Cl)cc2)n1C. The van der Waals surface area contributed by atoms with Crippen LogP contribution in [0.3, 0.4) is 0 Å². The minimum absolute atomic E-state index is 0.0979. The number of carboxylic acid groups (broad SMARTS) is 1. The van der Waals surface area contributed by atoms with Gasteiger partial charge in [0.25, 0.3) is 0 Å². The van der Waals surface area contributed by atoms with E-state index in [2.05, 4.69) is 19.2 Å². The lowest BCUT2D eigenvalue weighted by atomic mass is 9.96. The van der Waals surface area contributed by atoms with Crippen molar-refractivity contribution in [2.45, 2.75) is 27.2 Å². The summed E-state index contributed by atoms with van der Waals surface area (Å²) in [6.45, 7) is 6.77. The van der Waals surface area contributed by atoms with Crippen LogP contribution >= 0.6 is 11.6 Å². The molecule has 3 rings (SSSR count). The average Bonchev–Trinajstić information content (AvgIpc) is 2.95. The van der Waals surface area contributed by atoms with Crippen molar-refractivity contribution in [2.24, 2.45) is 13.0 Å². The van der Waals surface area contributed by atoms with Crippen LogP contribution in [0.1, 0.15) is 36.3 Å². The Kier molecular flexibility index (Phi) is 6.52. The molecule has 2 aromatic carbocycles. The molecular weight excluding hydrogens is 403 g/mol. The van der Waals surface area contributed by atoms with E-state index in [1.54, 1.807) is 42.8 Å². The number of aromatic nitrogens is 1. The molecule has 30 heavy (non-hydrogen) atoms. The molecule has 158 valence electrons. The number of carbonyl (C=O) groups is 1. The van der Waals surface area contributed by atoms with Crippen LogP contribution in [0.25, 0.3) is 22.4 Å². The van der Waals surface area contributed by atoms with Crippen LogP contribution in [0, 0.1) is 18.7 Å². The highest BCUT2D eigenvalue weighted by atomic mass is 35.5. The molecule has 6 heteroatoms. The van der Waals surface area contributed by atoms with Crippen LogP contribution in [0.15, 0.2) is 42.5 Å². The fourth-order valence-electron chi connectivity index (χ4n) is 3.60. The second-order valence-corrected chi connectivity index (χ2v) is 8.30. The number of carboxylic acids is 1. The largest absolute Gasteiger partial charge is 0.478 e. The second-order valence-electron chi connectivity index (χ2n) is 7.86. The van der Waals surface area contributed by atoms with E-state index in [4.69, 9.17) is 11.6 Å². The van der Waals surface area contributed by atoms with Gasteiger partial charge >= 0.3 is 5.97 Å². The van der Waals surface area contributed by atoms with Gasteiger partial charge in [-0.25, -0.2) is 9.18 Å². The quantitative estimate of drug-likeness (QED) is 0.444. The molecule has 3 aromatic rings. The van der Waals surface area contributed by atoms with E-state index in [-0.39, 0.29) is 11.1 Å². The summed E-state index contributed by atoms with van der Waals surface area (Å²) in [4.78, 5) is 12.1. The number of rotatable bonds is 7. The molecule has 0 saturated carbocycles. The summed E-state index contributed by atoms with van der Waals surface area (Å²) in [5.74, 6) is -1.01. The van der Waals surface area contributed by atoms with Gasteiger partial charge in [0.2, 0.25) is 0 Å². The molecule has 0 saturated heterocycles. The third-order valence-corrected chi connectivity index (χ3v) is 5.56. The van der Waals surface area contributed by atoms with Crippen molar-refractivity contribution < 1.29 is 14.3 Å². The van der Waals surface area contributed by atoms with Gasteiger partial charge in [-0.15, -0.1) is 0 Å². The highest BCUT2D eigenvalue weighted by Crippen LogP contribution is 2.41. The van der Waals surface area contributed by atoms with Gasteiger partial charge in [-0.05, 0) is 55.2 Å². The Hall–Kier alpha value is -2.79. The Morgan fingerprint density at radius 2 is 1.87 bits per heavy atom. The normalized spacial score (nSPS) is 11.2. The summed E-state index contributed by atoms with van der Waals surface area (Å²) in [5, 5.41) is 13.8. The van der Waals surface area contributed by atoms with Crippen molar-refractivity contribution in [3.05, 3.63) is 64.6 Å². The summed E-state index contributed by atoms with van der Waals surface area (Å²) >= 11 is 6.03. The smallest absolute Gasteiger partial charge is 0.338 e. The minimum atomic E-state index is -1.09. The molecule has 0 aliphatic carbocycles. The second kappa shape index (κ2) is 8.92. The van der Waals surface area contributed by atoms with Crippen LogP contribution in [0.5, 0.6) is 0 Å². The van der Waals surface area contributed by atoms with Crippen LogP contribution in [-0.4, -0.2) is 22.2 Å². The highest BCUT2D eigenvalue weighted by Gasteiger charge is 2.27. The zero-order valence-electron chi connectivity index (χ0n) is 17.6. The van der Waals surface area contributed by atoms with E-state index in [1.165, 1.54) is 6.07 Å². The predicted molar refractivity (Wildman–Crippen MR) is 121 cm³/mol. The Bertz CT molecular complexity index is 1070. The van der Waals surface area contributed by atoms with Crippen molar-refractivity contribution in [3.63, 3.8) is 0 Å². The number of benzene rings is 2. The standard InChI is InChI=1S/C24H26ClFN2O2/c1-14(2)11-12-27-18-9-10-20(26)19(13-18)22-21(24(29)30)15(3)28(4)23(22)16-5-7-17(25)8-6-16/h5-10,13-14,27H,11-12H2,1-4H3,(H,29,30). The van der Waals surface area contributed by atoms with Gasteiger partial charge in [0.15, 0.2) is 0 Å². The topological polar surface area (TPSA) is 54.3 Å². The summed E-state index contributed by atoms with van der Waals surface area (Å²) in [5.41, 5.74) is 3.45. The lowest BCUT2D eigenvalue weighted by Crippen LogP contribution is -2.05. The zero-order valence-corrected chi connectivity index (χ0v) is 18.3. The third kappa shape index (κ3) is 4.36. The van der Waals surface area contributed by atoms with Crippen molar-refractivity contribution in [1.82, 2.24) is 4.57 Å². The van der Waals surface area contributed by atoms with Gasteiger partial charge in [0.05, 0.1) is 11.3 Å². The highest BCUT2D eigenvalue weighted by molar-refractivity contribution is 6.30. The third-order valence-electron chi connectivity index (χ3n) is 5.31. The molecule has 0 aliphatic rings. The molecule has 1 heterocycles. The first kappa shape index (κ1) is 21.9.